The van der Waals surface area contributed by atoms with Gasteiger partial charge in [-0.15, -0.1) is 11.3 Å². The Balaban J connectivity index is 1.29. The molecule has 3 heterocycles. The average Bonchev–Trinajstić information content (AvgIpc) is 3.10. The molecular formula is C19H22ClN3OS. The van der Waals surface area contributed by atoms with Gasteiger partial charge in [-0.1, -0.05) is 11.6 Å². The van der Waals surface area contributed by atoms with Crippen molar-refractivity contribution in [2.24, 2.45) is 0 Å². The Labute approximate surface area is 157 Å². The van der Waals surface area contributed by atoms with Crippen molar-refractivity contribution in [3.05, 3.63) is 51.2 Å². The van der Waals surface area contributed by atoms with Gasteiger partial charge in [-0.25, -0.2) is 0 Å². The number of hydrogen-bond acceptors (Lipinski definition) is 4. The van der Waals surface area contributed by atoms with Crippen molar-refractivity contribution < 1.29 is 4.79 Å². The summed E-state index contributed by atoms with van der Waals surface area (Å²) in [6.45, 7) is 5.78. The van der Waals surface area contributed by atoms with E-state index in [1.807, 2.05) is 40.5 Å². The first-order chi connectivity index (χ1) is 12.2. The Morgan fingerprint density at radius 1 is 1.04 bits per heavy atom. The molecule has 0 saturated carbocycles. The molecule has 132 valence electrons. The maximum Gasteiger partial charge on any atom is 0.236 e. The van der Waals surface area contributed by atoms with Crippen LogP contribution in [0.3, 0.4) is 0 Å². The van der Waals surface area contributed by atoms with E-state index in [2.05, 4.69) is 21.2 Å². The highest BCUT2D eigenvalue weighted by atomic mass is 35.5. The Morgan fingerprint density at radius 3 is 2.56 bits per heavy atom. The van der Waals surface area contributed by atoms with Crippen LogP contribution in [-0.2, 0) is 17.8 Å². The minimum atomic E-state index is 0.260. The number of benzene rings is 1. The largest absolute Gasteiger partial charge is 0.368 e. The predicted molar refractivity (Wildman–Crippen MR) is 104 cm³/mol. The van der Waals surface area contributed by atoms with E-state index in [1.165, 1.54) is 16.1 Å². The van der Waals surface area contributed by atoms with Gasteiger partial charge in [0.05, 0.1) is 6.54 Å². The Morgan fingerprint density at radius 2 is 1.80 bits per heavy atom. The minimum absolute atomic E-state index is 0.260. The molecule has 4 nitrogen and oxygen atoms in total. The van der Waals surface area contributed by atoms with Crippen LogP contribution in [0.5, 0.6) is 0 Å². The van der Waals surface area contributed by atoms with Crippen LogP contribution in [0.1, 0.15) is 10.4 Å². The summed E-state index contributed by atoms with van der Waals surface area (Å²) in [6, 6.07) is 10.2. The molecule has 2 aliphatic rings. The number of carbonyl (C=O) groups is 1. The normalized spacial score (nSPS) is 18.3. The molecule has 2 aromatic rings. The SMILES string of the molecule is O=C(CN1CCc2ccsc2C1)N1CCN(c2ccc(Cl)cc2)CC1. The molecule has 1 saturated heterocycles. The summed E-state index contributed by atoms with van der Waals surface area (Å²) >= 11 is 7.76. The first-order valence-electron chi connectivity index (χ1n) is 8.75. The van der Waals surface area contributed by atoms with Crippen LogP contribution in [-0.4, -0.2) is 55.0 Å². The number of fused-ring (bicyclic) bond motifs is 1. The lowest BCUT2D eigenvalue weighted by Gasteiger charge is -2.37. The second-order valence-corrected chi connectivity index (χ2v) is 8.11. The minimum Gasteiger partial charge on any atom is -0.368 e. The number of hydrogen-bond donors (Lipinski definition) is 0. The van der Waals surface area contributed by atoms with Crippen molar-refractivity contribution in [3.8, 4) is 0 Å². The highest BCUT2D eigenvalue weighted by Gasteiger charge is 2.25. The molecule has 2 aliphatic heterocycles. The van der Waals surface area contributed by atoms with Crippen LogP contribution in [0, 0.1) is 0 Å². The van der Waals surface area contributed by atoms with Gasteiger partial charge in [-0.2, -0.15) is 0 Å². The summed E-state index contributed by atoms with van der Waals surface area (Å²) in [5, 5.41) is 2.92. The van der Waals surface area contributed by atoms with Gasteiger partial charge >= 0.3 is 0 Å². The highest BCUT2D eigenvalue weighted by Crippen LogP contribution is 2.24. The number of carbonyl (C=O) groups excluding carboxylic acids is 1. The monoisotopic (exact) mass is 375 g/mol. The fraction of sp³-hybridized carbons (Fsp3) is 0.421. The van der Waals surface area contributed by atoms with Crippen molar-refractivity contribution in [2.45, 2.75) is 13.0 Å². The molecule has 0 unspecified atom stereocenters. The fourth-order valence-electron chi connectivity index (χ4n) is 3.58. The van der Waals surface area contributed by atoms with E-state index in [1.54, 1.807) is 0 Å². The van der Waals surface area contributed by atoms with Gasteiger partial charge in [0.15, 0.2) is 0 Å². The highest BCUT2D eigenvalue weighted by molar-refractivity contribution is 7.10. The van der Waals surface area contributed by atoms with Crippen molar-refractivity contribution in [1.29, 1.82) is 0 Å². The van der Waals surface area contributed by atoms with Gasteiger partial charge in [0.1, 0.15) is 0 Å². The summed E-state index contributed by atoms with van der Waals surface area (Å²) in [5.41, 5.74) is 2.64. The van der Waals surface area contributed by atoms with Gasteiger partial charge in [0.25, 0.3) is 0 Å². The van der Waals surface area contributed by atoms with Crippen molar-refractivity contribution in [1.82, 2.24) is 9.80 Å². The van der Waals surface area contributed by atoms with Crippen molar-refractivity contribution >= 4 is 34.5 Å². The molecule has 25 heavy (non-hydrogen) atoms. The topological polar surface area (TPSA) is 26.8 Å². The molecular weight excluding hydrogens is 354 g/mol. The van der Waals surface area contributed by atoms with Crippen LogP contribution in [0.4, 0.5) is 5.69 Å². The second kappa shape index (κ2) is 7.36. The lowest BCUT2D eigenvalue weighted by molar-refractivity contribution is -0.132. The van der Waals surface area contributed by atoms with Crippen LogP contribution in [0.25, 0.3) is 0 Å². The second-order valence-electron chi connectivity index (χ2n) is 6.67. The molecule has 0 atom stereocenters. The number of amides is 1. The number of thiophene rings is 1. The lowest BCUT2D eigenvalue weighted by Crippen LogP contribution is -2.51. The van der Waals surface area contributed by atoms with E-state index < -0.39 is 0 Å². The zero-order valence-corrected chi connectivity index (χ0v) is 15.7. The third kappa shape index (κ3) is 3.84. The van der Waals surface area contributed by atoms with Gasteiger partial charge in [-0.3, -0.25) is 9.69 Å². The quantitative estimate of drug-likeness (QED) is 0.824. The summed E-state index contributed by atoms with van der Waals surface area (Å²) in [6.07, 6.45) is 1.07. The van der Waals surface area contributed by atoms with Crippen molar-refractivity contribution in [2.75, 3.05) is 44.2 Å². The Bertz CT molecular complexity index is 737. The molecule has 6 heteroatoms. The summed E-state index contributed by atoms with van der Waals surface area (Å²) in [7, 11) is 0. The standard InChI is InChI=1S/C19H22ClN3OS/c20-16-1-3-17(4-2-16)22-8-10-23(11-9-22)19(24)14-21-7-5-15-6-12-25-18(15)13-21/h1-4,6,12H,5,7-11,13-14H2. The number of piperazine rings is 1. The molecule has 4 rings (SSSR count). The van der Waals surface area contributed by atoms with Gasteiger partial charge in [-0.05, 0) is 47.7 Å². The summed E-state index contributed by atoms with van der Waals surface area (Å²) in [5.74, 6) is 0.260. The molecule has 1 aromatic heterocycles. The fourth-order valence-corrected chi connectivity index (χ4v) is 4.68. The van der Waals surface area contributed by atoms with Gasteiger partial charge in [0.2, 0.25) is 5.91 Å². The van der Waals surface area contributed by atoms with Crippen LogP contribution in [0.2, 0.25) is 5.02 Å². The first kappa shape index (κ1) is 16.9. The summed E-state index contributed by atoms with van der Waals surface area (Å²) in [4.78, 5) is 20.7. The molecule has 1 amide bonds. The third-order valence-corrected chi connectivity index (χ3v) is 6.29. The zero-order chi connectivity index (χ0) is 17.2. The summed E-state index contributed by atoms with van der Waals surface area (Å²) < 4.78 is 0. The van der Waals surface area contributed by atoms with Crippen LogP contribution >= 0.6 is 22.9 Å². The molecule has 0 radical (unpaired) electrons. The van der Waals surface area contributed by atoms with E-state index in [4.69, 9.17) is 11.6 Å². The van der Waals surface area contributed by atoms with Crippen molar-refractivity contribution in [3.63, 3.8) is 0 Å². The van der Waals surface area contributed by atoms with E-state index in [0.29, 0.717) is 6.54 Å². The predicted octanol–water partition coefficient (Wildman–Crippen LogP) is 3.11. The average molecular weight is 376 g/mol. The molecule has 0 aliphatic carbocycles. The number of anilines is 1. The van der Waals surface area contributed by atoms with E-state index in [-0.39, 0.29) is 5.91 Å². The maximum absolute atomic E-state index is 12.7. The molecule has 0 spiro atoms. The Hall–Kier alpha value is -1.56. The number of nitrogens with zero attached hydrogens (tertiary/aromatic N) is 3. The zero-order valence-electron chi connectivity index (χ0n) is 14.2. The lowest BCUT2D eigenvalue weighted by atomic mass is 10.1. The third-order valence-electron chi connectivity index (χ3n) is 5.09. The maximum atomic E-state index is 12.7. The first-order valence-corrected chi connectivity index (χ1v) is 10.0. The van der Waals surface area contributed by atoms with Crippen LogP contribution in [0.15, 0.2) is 35.7 Å². The molecule has 0 N–H and O–H groups in total. The Kier molecular flexibility index (Phi) is 4.97. The van der Waals surface area contributed by atoms with E-state index in [0.717, 1.165) is 50.7 Å². The number of halogens is 1. The number of rotatable bonds is 3. The van der Waals surface area contributed by atoms with Crippen LogP contribution < -0.4 is 4.90 Å². The molecule has 0 bridgehead atoms. The van der Waals surface area contributed by atoms with Gasteiger partial charge in [0, 0.05) is 54.9 Å². The van der Waals surface area contributed by atoms with Gasteiger partial charge < -0.3 is 9.80 Å². The smallest absolute Gasteiger partial charge is 0.236 e. The van der Waals surface area contributed by atoms with E-state index in [9.17, 15) is 4.79 Å². The van der Waals surface area contributed by atoms with E-state index >= 15 is 0 Å². The molecule has 1 fully saturated rings. The molecule has 1 aromatic carbocycles.